The summed E-state index contributed by atoms with van der Waals surface area (Å²) < 4.78 is 15.9. The molecule has 1 aliphatic heterocycles. The van der Waals surface area contributed by atoms with Crippen molar-refractivity contribution < 1.29 is 23.5 Å². The molecular weight excluding hydrogens is 364 g/mol. The molecule has 9 heteroatoms. The van der Waals surface area contributed by atoms with Gasteiger partial charge in [-0.15, -0.1) is 0 Å². The van der Waals surface area contributed by atoms with E-state index in [1.54, 1.807) is 18.4 Å². The maximum atomic E-state index is 12.1. The SMILES string of the molecule is CCOC[C@@H](O)CN1CCN(Cc2nc(C(=O)NCc3ccco3)co2)CC1. The smallest absolute Gasteiger partial charge is 0.273 e. The molecule has 1 saturated heterocycles. The fourth-order valence-electron chi connectivity index (χ4n) is 3.08. The number of aliphatic hydroxyl groups is 1. The number of amides is 1. The van der Waals surface area contributed by atoms with Gasteiger partial charge in [0.05, 0.1) is 32.1 Å². The van der Waals surface area contributed by atoms with Gasteiger partial charge in [-0.05, 0) is 19.1 Å². The predicted octanol–water partition coefficient (Wildman–Crippen LogP) is 0.713. The van der Waals surface area contributed by atoms with E-state index in [2.05, 4.69) is 20.1 Å². The van der Waals surface area contributed by atoms with E-state index in [9.17, 15) is 9.90 Å². The van der Waals surface area contributed by atoms with Crippen molar-refractivity contribution >= 4 is 5.91 Å². The van der Waals surface area contributed by atoms with Crippen LogP contribution in [0.5, 0.6) is 0 Å². The summed E-state index contributed by atoms with van der Waals surface area (Å²) >= 11 is 0. The highest BCUT2D eigenvalue weighted by atomic mass is 16.5. The number of aromatic nitrogens is 1. The van der Waals surface area contributed by atoms with Crippen molar-refractivity contribution in [3.8, 4) is 0 Å². The number of aliphatic hydroxyl groups excluding tert-OH is 1. The van der Waals surface area contributed by atoms with E-state index < -0.39 is 6.10 Å². The third-order valence-corrected chi connectivity index (χ3v) is 4.59. The van der Waals surface area contributed by atoms with E-state index in [0.29, 0.717) is 44.5 Å². The second-order valence-electron chi connectivity index (χ2n) is 6.78. The zero-order valence-corrected chi connectivity index (χ0v) is 16.2. The average Bonchev–Trinajstić information content (AvgIpc) is 3.38. The molecule has 1 amide bonds. The van der Waals surface area contributed by atoms with Gasteiger partial charge in [0.15, 0.2) is 5.69 Å². The Morgan fingerprint density at radius 1 is 1.32 bits per heavy atom. The van der Waals surface area contributed by atoms with Gasteiger partial charge >= 0.3 is 0 Å². The minimum Gasteiger partial charge on any atom is -0.467 e. The van der Waals surface area contributed by atoms with Crippen LogP contribution in [-0.2, 0) is 17.8 Å². The van der Waals surface area contributed by atoms with Gasteiger partial charge in [-0.1, -0.05) is 0 Å². The summed E-state index contributed by atoms with van der Waals surface area (Å²) in [5.74, 6) is 0.911. The highest BCUT2D eigenvalue weighted by Crippen LogP contribution is 2.10. The largest absolute Gasteiger partial charge is 0.467 e. The maximum absolute atomic E-state index is 12.1. The lowest BCUT2D eigenvalue weighted by atomic mass is 10.2. The molecule has 1 atom stereocenters. The standard InChI is InChI=1S/C19H28N4O5/c1-2-26-13-15(24)11-22-5-7-23(8-6-22)12-18-21-17(14-28-18)19(25)20-10-16-4-3-9-27-16/h3-4,9,14-15,24H,2,5-8,10-13H2,1H3,(H,20,25)/t15-/m0/s1. The van der Waals surface area contributed by atoms with Crippen molar-refractivity contribution in [2.24, 2.45) is 0 Å². The fourth-order valence-corrected chi connectivity index (χ4v) is 3.08. The summed E-state index contributed by atoms with van der Waals surface area (Å²) in [7, 11) is 0. The number of β-amino-alcohol motifs (C(OH)–C–C–N with tert-alkyl or cyclic N) is 1. The normalized spacial score (nSPS) is 16.9. The monoisotopic (exact) mass is 392 g/mol. The van der Waals surface area contributed by atoms with E-state index in [-0.39, 0.29) is 11.6 Å². The molecular formula is C19H28N4O5. The molecule has 0 radical (unpaired) electrons. The molecule has 3 rings (SSSR count). The molecule has 3 heterocycles. The van der Waals surface area contributed by atoms with Gasteiger partial charge in [-0.3, -0.25) is 14.6 Å². The number of rotatable bonds is 10. The number of carbonyl (C=O) groups is 1. The van der Waals surface area contributed by atoms with Gasteiger partial charge in [-0.25, -0.2) is 4.98 Å². The summed E-state index contributed by atoms with van der Waals surface area (Å²) in [5.41, 5.74) is 0.263. The van der Waals surface area contributed by atoms with Crippen LogP contribution < -0.4 is 5.32 Å². The first kappa shape index (κ1) is 20.5. The topological polar surface area (TPSA) is 104 Å². The minimum absolute atomic E-state index is 0.263. The number of piperazine rings is 1. The molecule has 0 bridgehead atoms. The predicted molar refractivity (Wildman–Crippen MR) is 101 cm³/mol. The number of hydrogen-bond donors (Lipinski definition) is 2. The van der Waals surface area contributed by atoms with Gasteiger partial charge in [0.1, 0.15) is 12.0 Å². The Bertz CT molecular complexity index is 710. The van der Waals surface area contributed by atoms with Gasteiger partial charge in [0.25, 0.3) is 5.91 Å². The Morgan fingerprint density at radius 3 is 2.82 bits per heavy atom. The first-order valence-corrected chi connectivity index (χ1v) is 9.59. The van der Waals surface area contributed by atoms with Crippen molar-refractivity contribution in [1.29, 1.82) is 0 Å². The number of furan rings is 1. The zero-order valence-electron chi connectivity index (χ0n) is 16.2. The number of carbonyl (C=O) groups excluding carboxylic acids is 1. The fraction of sp³-hybridized carbons (Fsp3) is 0.579. The van der Waals surface area contributed by atoms with Gasteiger partial charge in [-0.2, -0.15) is 0 Å². The van der Waals surface area contributed by atoms with E-state index in [1.807, 2.05) is 6.92 Å². The summed E-state index contributed by atoms with van der Waals surface area (Å²) in [5, 5.41) is 12.7. The van der Waals surface area contributed by atoms with E-state index in [0.717, 1.165) is 26.2 Å². The van der Waals surface area contributed by atoms with Gasteiger partial charge in [0.2, 0.25) is 5.89 Å². The molecule has 28 heavy (non-hydrogen) atoms. The molecule has 2 aromatic heterocycles. The molecule has 0 aromatic carbocycles. The molecule has 154 valence electrons. The van der Waals surface area contributed by atoms with E-state index in [1.165, 1.54) is 6.26 Å². The lowest BCUT2D eigenvalue weighted by Crippen LogP contribution is -2.48. The zero-order chi connectivity index (χ0) is 19.8. The van der Waals surface area contributed by atoms with Gasteiger partial charge in [0, 0.05) is 39.3 Å². The van der Waals surface area contributed by atoms with Crippen LogP contribution in [0.25, 0.3) is 0 Å². The van der Waals surface area contributed by atoms with E-state index >= 15 is 0 Å². The van der Waals surface area contributed by atoms with Crippen LogP contribution in [-0.4, -0.2) is 77.8 Å². The quantitative estimate of drug-likeness (QED) is 0.609. The van der Waals surface area contributed by atoms with Crippen LogP contribution >= 0.6 is 0 Å². The average molecular weight is 392 g/mol. The molecule has 2 N–H and O–H groups in total. The molecule has 2 aromatic rings. The molecule has 0 spiro atoms. The van der Waals surface area contributed by atoms with Crippen molar-refractivity contribution in [3.05, 3.63) is 42.0 Å². The third-order valence-electron chi connectivity index (χ3n) is 4.59. The first-order valence-electron chi connectivity index (χ1n) is 9.59. The van der Waals surface area contributed by atoms with E-state index in [4.69, 9.17) is 13.6 Å². The lowest BCUT2D eigenvalue weighted by molar-refractivity contribution is 0.00949. The second kappa shape index (κ2) is 10.4. The molecule has 9 nitrogen and oxygen atoms in total. The molecule has 1 fully saturated rings. The van der Waals surface area contributed by atoms with Crippen molar-refractivity contribution in [2.75, 3.05) is 45.9 Å². The number of nitrogens with one attached hydrogen (secondary N) is 1. The number of ether oxygens (including phenoxy) is 1. The van der Waals surface area contributed by atoms with Crippen LogP contribution in [0.1, 0.15) is 29.1 Å². The number of hydrogen-bond acceptors (Lipinski definition) is 8. The summed E-state index contributed by atoms with van der Waals surface area (Å²) in [6.45, 7) is 7.82. The van der Waals surface area contributed by atoms with Crippen LogP contribution in [0.15, 0.2) is 33.5 Å². The van der Waals surface area contributed by atoms with Crippen LogP contribution in [0.3, 0.4) is 0 Å². The molecule has 0 saturated carbocycles. The Kier molecular flexibility index (Phi) is 7.61. The number of nitrogens with zero attached hydrogens (tertiary/aromatic N) is 3. The molecule has 0 aliphatic carbocycles. The van der Waals surface area contributed by atoms with Crippen LogP contribution in [0.2, 0.25) is 0 Å². The minimum atomic E-state index is -0.458. The maximum Gasteiger partial charge on any atom is 0.273 e. The Morgan fingerprint density at radius 2 is 2.11 bits per heavy atom. The first-order chi connectivity index (χ1) is 13.6. The van der Waals surface area contributed by atoms with Crippen LogP contribution in [0, 0.1) is 0 Å². The van der Waals surface area contributed by atoms with Crippen molar-refractivity contribution in [3.63, 3.8) is 0 Å². The number of oxazole rings is 1. The Labute approximate surface area is 164 Å². The molecule has 1 aliphatic rings. The summed E-state index contributed by atoms with van der Waals surface area (Å²) in [4.78, 5) is 20.9. The molecule has 0 unspecified atom stereocenters. The summed E-state index contributed by atoms with van der Waals surface area (Å²) in [6, 6.07) is 3.57. The van der Waals surface area contributed by atoms with Gasteiger partial charge < -0.3 is 24.0 Å². The van der Waals surface area contributed by atoms with Crippen molar-refractivity contribution in [1.82, 2.24) is 20.1 Å². The summed E-state index contributed by atoms with van der Waals surface area (Å²) in [6.07, 6.45) is 2.49. The second-order valence-corrected chi connectivity index (χ2v) is 6.78. The third kappa shape index (κ3) is 6.16. The van der Waals surface area contributed by atoms with Crippen LogP contribution in [0.4, 0.5) is 0 Å². The lowest BCUT2D eigenvalue weighted by Gasteiger charge is -2.34. The van der Waals surface area contributed by atoms with Crippen molar-refractivity contribution in [2.45, 2.75) is 26.1 Å². The highest BCUT2D eigenvalue weighted by molar-refractivity contribution is 5.91. The Balaban J connectivity index is 1.39. The highest BCUT2D eigenvalue weighted by Gasteiger charge is 2.21. The Hall–Kier alpha value is -2.20.